The molecule has 5 heteroatoms. The van der Waals surface area contributed by atoms with Crippen molar-refractivity contribution in [2.45, 2.75) is 38.3 Å². The van der Waals surface area contributed by atoms with Crippen LogP contribution in [0.2, 0.25) is 5.02 Å². The predicted octanol–water partition coefficient (Wildman–Crippen LogP) is 3.65. The first-order valence-electron chi connectivity index (χ1n) is 7.35. The van der Waals surface area contributed by atoms with Crippen LogP contribution in [0.5, 0.6) is 0 Å². The Bertz CT molecular complexity index is 653. The fourth-order valence-corrected chi connectivity index (χ4v) is 3.38. The van der Waals surface area contributed by atoms with E-state index in [-0.39, 0.29) is 12.5 Å². The molecule has 1 atom stereocenters. The van der Waals surface area contributed by atoms with Crippen molar-refractivity contribution in [3.05, 3.63) is 35.0 Å². The summed E-state index contributed by atoms with van der Waals surface area (Å²) >= 11 is 6.00. The maximum atomic E-state index is 11.0. The normalized spacial score (nSPS) is 20.0. The van der Waals surface area contributed by atoms with Crippen molar-refractivity contribution >= 4 is 28.5 Å². The fourth-order valence-electron chi connectivity index (χ4n) is 3.21. The van der Waals surface area contributed by atoms with Gasteiger partial charge in [-0.1, -0.05) is 24.1 Å². The number of fused-ring (bicyclic) bond motifs is 1. The number of nitrogens with zero attached hydrogens (tertiary/aromatic N) is 1. The van der Waals surface area contributed by atoms with Crippen molar-refractivity contribution in [2.75, 3.05) is 6.54 Å². The summed E-state index contributed by atoms with van der Waals surface area (Å²) in [5.41, 5.74) is 2.24. The summed E-state index contributed by atoms with van der Waals surface area (Å²) in [6, 6.07) is 5.99. The van der Waals surface area contributed by atoms with Crippen LogP contribution in [0.4, 0.5) is 0 Å². The van der Waals surface area contributed by atoms with Crippen LogP contribution in [0, 0.1) is 0 Å². The first kappa shape index (κ1) is 14.4. The number of likely N-dealkylation sites (tertiary alicyclic amines) is 1. The zero-order valence-corrected chi connectivity index (χ0v) is 12.6. The molecule has 4 nitrogen and oxygen atoms in total. The number of H-pyrrole nitrogens is 1. The average Bonchev–Trinajstić information content (AvgIpc) is 2.83. The van der Waals surface area contributed by atoms with Crippen molar-refractivity contribution in [3.63, 3.8) is 0 Å². The number of carbonyl (C=O) groups is 1. The second-order valence-corrected chi connectivity index (χ2v) is 6.16. The third-order valence-electron chi connectivity index (χ3n) is 4.26. The zero-order chi connectivity index (χ0) is 14.8. The van der Waals surface area contributed by atoms with Crippen molar-refractivity contribution in [2.24, 2.45) is 0 Å². The number of hydrogen-bond donors (Lipinski definition) is 2. The minimum atomic E-state index is -0.711. The van der Waals surface area contributed by atoms with Crippen LogP contribution in [0.3, 0.4) is 0 Å². The molecule has 1 aromatic carbocycles. The van der Waals surface area contributed by atoms with Gasteiger partial charge < -0.3 is 10.1 Å². The first-order chi connectivity index (χ1) is 10.1. The third kappa shape index (κ3) is 3.22. The second kappa shape index (κ2) is 6.08. The molecule has 0 saturated carbocycles. The monoisotopic (exact) mass is 306 g/mol. The maximum absolute atomic E-state index is 11.0. The molecule has 0 aliphatic carbocycles. The largest absolute Gasteiger partial charge is 0.481 e. The summed E-state index contributed by atoms with van der Waals surface area (Å²) in [6.07, 6.45) is 5.48. The summed E-state index contributed by atoms with van der Waals surface area (Å²) in [4.78, 5) is 16.6. The van der Waals surface area contributed by atoms with Gasteiger partial charge in [-0.3, -0.25) is 9.69 Å². The van der Waals surface area contributed by atoms with Gasteiger partial charge in [0.1, 0.15) is 0 Å². The number of benzene rings is 1. The van der Waals surface area contributed by atoms with Gasteiger partial charge in [0, 0.05) is 34.7 Å². The van der Waals surface area contributed by atoms with Gasteiger partial charge in [-0.15, -0.1) is 0 Å². The first-order valence-corrected chi connectivity index (χ1v) is 7.72. The zero-order valence-electron chi connectivity index (χ0n) is 11.8. The quantitative estimate of drug-likeness (QED) is 0.906. The Morgan fingerprint density at radius 1 is 1.43 bits per heavy atom. The van der Waals surface area contributed by atoms with Crippen LogP contribution >= 0.6 is 11.6 Å². The van der Waals surface area contributed by atoms with E-state index in [0.29, 0.717) is 0 Å². The van der Waals surface area contributed by atoms with E-state index in [9.17, 15) is 4.79 Å². The number of carboxylic acid groups (broad SMARTS) is 1. The summed E-state index contributed by atoms with van der Waals surface area (Å²) in [5, 5.41) is 11.0. The van der Waals surface area contributed by atoms with Crippen LogP contribution in [0.25, 0.3) is 10.9 Å². The molecule has 2 heterocycles. The number of nitrogens with one attached hydrogen (secondary N) is 1. The minimum absolute atomic E-state index is 0.147. The number of rotatable bonds is 4. The van der Waals surface area contributed by atoms with E-state index in [0.717, 1.165) is 42.9 Å². The molecule has 0 radical (unpaired) electrons. The Hall–Kier alpha value is -1.52. The molecule has 1 saturated heterocycles. The molecule has 0 spiro atoms. The molecule has 1 unspecified atom stereocenters. The highest BCUT2D eigenvalue weighted by molar-refractivity contribution is 6.31. The summed E-state index contributed by atoms with van der Waals surface area (Å²) in [5.74, 6) is -0.711. The van der Waals surface area contributed by atoms with E-state index in [1.165, 1.54) is 10.9 Å². The summed E-state index contributed by atoms with van der Waals surface area (Å²) in [6.45, 7) is 1.76. The van der Waals surface area contributed by atoms with Crippen LogP contribution in [-0.4, -0.2) is 33.5 Å². The highest BCUT2D eigenvalue weighted by atomic mass is 35.5. The van der Waals surface area contributed by atoms with Crippen molar-refractivity contribution in [1.82, 2.24) is 9.88 Å². The van der Waals surface area contributed by atoms with Gasteiger partial charge in [-0.05, 0) is 37.1 Å². The molecular weight excluding hydrogens is 288 g/mol. The smallest absolute Gasteiger partial charge is 0.304 e. The Labute approximate surface area is 128 Å². The lowest BCUT2D eigenvalue weighted by Crippen LogP contribution is -2.40. The van der Waals surface area contributed by atoms with E-state index < -0.39 is 5.97 Å². The van der Waals surface area contributed by atoms with Gasteiger partial charge in [0.2, 0.25) is 0 Å². The molecule has 0 bridgehead atoms. The molecule has 1 aromatic heterocycles. The lowest BCUT2D eigenvalue weighted by Gasteiger charge is -2.34. The number of hydrogen-bond acceptors (Lipinski definition) is 2. The molecule has 1 aliphatic rings. The molecule has 0 amide bonds. The van der Waals surface area contributed by atoms with Crippen LogP contribution in [0.1, 0.15) is 31.2 Å². The topological polar surface area (TPSA) is 56.3 Å². The number of carboxylic acids is 1. The van der Waals surface area contributed by atoms with Crippen LogP contribution in [0.15, 0.2) is 24.4 Å². The molecule has 21 heavy (non-hydrogen) atoms. The van der Waals surface area contributed by atoms with E-state index in [1.807, 2.05) is 24.4 Å². The van der Waals surface area contributed by atoms with Gasteiger partial charge in [0.25, 0.3) is 0 Å². The highest BCUT2D eigenvalue weighted by Gasteiger charge is 2.25. The molecule has 1 aliphatic heterocycles. The van der Waals surface area contributed by atoms with Crippen molar-refractivity contribution in [1.29, 1.82) is 0 Å². The van der Waals surface area contributed by atoms with Crippen LogP contribution in [-0.2, 0) is 11.3 Å². The summed E-state index contributed by atoms with van der Waals surface area (Å²) in [7, 11) is 0. The van der Waals surface area contributed by atoms with Gasteiger partial charge >= 0.3 is 5.97 Å². The third-order valence-corrected chi connectivity index (χ3v) is 4.50. The Kier molecular flexibility index (Phi) is 4.17. The van der Waals surface area contributed by atoms with Crippen molar-refractivity contribution < 1.29 is 9.90 Å². The fraction of sp³-hybridized carbons (Fsp3) is 0.438. The standard InChI is InChI=1S/C16H19ClN2O2/c17-12-4-5-14-11(9-18-15(14)7-12)10-19-6-2-1-3-13(19)8-16(20)21/h4-5,7,9,13,18H,1-3,6,8,10H2,(H,20,21). The number of piperidine rings is 1. The molecular formula is C16H19ClN2O2. The molecule has 3 rings (SSSR count). The predicted molar refractivity (Wildman–Crippen MR) is 83.6 cm³/mol. The Morgan fingerprint density at radius 2 is 2.29 bits per heavy atom. The maximum Gasteiger partial charge on any atom is 0.304 e. The van der Waals surface area contributed by atoms with E-state index in [2.05, 4.69) is 9.88 Å². The lowest BCUT2D eigenvalue weighted by molar-refractivity contribution is -0.138. The highest BCUT2D eigenvalue weighted by Crippen LogP contribution is 2.26. The van der Waals surface area contributed by atoms with Gasteiger partial charge in [-0.25, -0.2) is 0 Å². The van der Waals surface area contributed by atoms with Crippen LogP contribution < -0.4 is 0 Å². The Balaban J connectivity index is 1.81. The molecule has 2 aromatic rings. The van der Waals surface area contributed by atoms with E-state index in [4.69, 9.17) is 16.7 Å². The second-order valence-electron chi connectivity index (χ2n) is 5.72. The van der Waals surface area contributed by atoms with Crippen molar-refractivity contribution in [3.8, 4) is 0 Å². The SMILES string of the molecule is O=C(O)CC1CCCCN1Cc1c[nH]c2cc(Cl)ccc12. The van der Waals surface area contributed by atoms with Gasteiger partial charge in [0.15, 0.2) is 0 Å². The number of halogens is 1. The molecule has 1 fully saturated rings. The number of aliphatic carboxylic acids is 1. The minimum Gasteiger partial charge on any atom is -0.481 e. The average molecular weight is 307 g/mol. The number of aromatic amines is 1. The van der Waals surface area contributed by atoms with Gasteiger partial charge in [-0.2, -0.15) is 0 Å². The lowest BCUT2D eigenvalue weighted by atomic mass is 9.98. The number of aromatic nitrogens is 1. The van der Waals surface area contributed by atoms with E-state index in [1.54, 1.807) is 0 Å². The molecule has 112 valence electrons. The van der Waals surface area contributed by atoms with E-state index >= 15 is 0 Å². The molecule has 2 N–H and O–H groups in total. The van der Waals surface area contributed by atoms with Gasteiger partial charge in [0.05, 0.1) is 6.42 Å². The Morgan fingerprint density at radius 3 is 3.10 bits per heavy atom. The summed E-state index contributed by atoms with van der Waals surface area (Å²) < 4.78 is 0.